The lowest BCUT2D eigenvalue weighted by Gasteiger charge is -2.10. The van der Waals surface area contributed by atoms with Crippen LogP contribution < -0.4 is 10.9 Å². The van der Waals surface area contributed by atoms with Crippen LogP contribution >= 0.6 is 0 Å². The van der Waals surface area contributed by atoms with E-state index in [1.165, 1.54) is 17.7 Å². The number of benzene rings is 2. The first-order chi connectivity index (χ1) is 14.6. The van der Waals surface area contributed by atoms with Crippen molar-refractivity contribution in [2.45, 2.75) is 26.4 Å². The van der Waals surface area contributed by atoms with Crippen LogP contribution in [0.2, 0.25) is 0 Å². The molecule has 1 N–H and O–H groups in total. The molecule has 0 saturated heterocycles. The summed E-state index contributed by atoms with van der Waals surface area (Å²) in [7, 11) is 0. The Balaban J connectivity index is 1.62. The first-order valence-corrected chi connectivity index (χ1v) is 9.87. The third kappa shape index (κ3) is 3.18. The lowest BCUT2D eigenvalue weighted by Crippen LogP contribution is -2.17. The third-order valence-corrected chi connectivity index (χ3v) is 5.31. The van der Waals surface area contributed by atoms with Crippen LogP contribution in [0.5, 0.6) is 0 Å². The van der Waals surface area contributed by atoms with E-state index in [-0.39, 0.29) is 11.4 Å². The van der Waals surface area contributed by atoms with E-state index in [0.29, 0.717) is 29.3 Å². The molecule has 150 valence electrons. The van der Waals surface area contributed by atoms with E-state index >= 15 is 0 Å². The zero-order valence-corrected chi connectivity index (χ0v) is 16.5. The number of fused-ring (bicyclic) bond motifs is 1. The van der Waals surface area contributed by atoms with Crippen molar-refractivity contribution in [3.8, 4) is 22.5 Å². The van der Waals surface area contributed by atoms with Crippen LogP contribution in [0.1, 0.15) is 12.0 Å². The van der Waals surface area contributed by atoms with Crippen molar-refractivity contribution in [1.82, 2.24) is 19.3 Å². The minimum Gasteiger partial charge on any atom is -0.324 e. The largest absolute Gasteiger partial charge is 0.324 e. The highest BCUT2D eigenvalue weighted by Gasteiger charge is 2.26. The predicted octanol–water partition coefficient (Wildman–Crippen LogP) is 4.37. The monoisotopic (exact) mass is 401 g/mol. The minimum absolute atomic E-state index is 0.0826. The fourth-order valence-electron chi connectivity index (χ4n) is 3.87. The quantitative estimate of drug-likeness (QED) is 0.552. The summed E-state index contributed by atoms with van der Waals surface area (Å²) in [5, 5.41) is 3.22. The second-order valence-corrected chi connectivity index (χ2v) is 7.39. The Morgan fingerprint density at radius 2 is 1.70 bits per heavy atom. The molecule has 0 fully saturated rings. The van der Waals surface area contributed by atoms with Crippen molar-refractivity contribution in [3.05, 3.63) is 82.5 Å². The predicted molar refractivity (Wildman–Crippen MR) is 114 cm³/mol. The van der Waals surface area contributed by atoms with Crippen LogP contribution in [0.3, 0.4) is 0 Å². The number of aromatic nitrogens is 4. The van der Waals surface area contributed by atoms with Crippen LogP contribution in [-0.4, -0.2) is 19.3 Å². The molecule has 5 rings (SSSR count). The maximum atomic E-state index is 13.5. The lowest BCUT2D eigenvalue weighted by atomic mass is 10.0. The molecule has 6 nitrogen and oxygen atoms in total. The van der Waals surface area contributed by atoms with E-state index in [2.05, 4.69) is 15.3 Å². The third-order valence-electron chi connectivity index (χ3n) is 5.31. The van der Waals surface area contributed by atoms with Gasteiger partial charge in [0.15, 0.2) is 0 Å². The number of hydrogen-bond acceptors (Lipinski definition) is 4. The molecular formula is C23H20FN5O. The minimum atomic E-state index is -0.334. The summed E-state index contributed by atoms with van der Waals surface area (Å²) in [6, 6.07) is 15.8. The van der Waals surface area contributed by atoms with Gasteiger partial charge in [-0.25, -0.2) is 19.0 Å². The SMILES string of the molecule is Cc1ccc(Nc2nccc(-c3c(-c4ccc(F)cc4)c(=O)n4n3CCC4)n2)cc1. The highest BCUT2D eigenvalue weighted by atomic mass is 19.1. The van der Waals surface area contributed by atoms with E-state index in [1.807, 2.05) is 35.9 Å². The van der Waals surface area contributed by atoms with E-state index in [1.54, 1.807) is 29.1 Å². The van der Waals surface area contributed by atoms with Crippen LogP contribution in [0.25, 0.3) is 22.5 Å². The Morgan fingerprint density at radius 1 is 0.967 bits per heavy atom. The highest BCUT2D eigenvalue weighted by Crippen LogP contribution is 2.32. The first-order valence-electron chi connectivity index (χ1n) is 9.87. The summed E-state index contributed by atoms with van der Waals surface area (Å²) in [5.74, 6) is 0.117. The van der Waals surface area contributed by atoms with Gasteiger partial charge in [-0.3, -0.25) is 9.48 Å². The smallest absolute Gasteiger partial charge is 0.275 e. The molecule has 0 amide bonds. The Kier molecular flexibility index (Phi) is 4.43. The van der Waals surface area contributed by atoms with Gasteiger partial charge in [0.1, 0.15) is 5.82 Å². The van der Waals surface area contributed by atoms with Crippen LogP contribution in [0.4, 0.5) is 16.0 Å². The molecule has 0 radical (unpaired) electrons. The van der Waals surface area contributed by atoms with E-state index in [0.717, 1.165) is 24.3 Å². The van der Waals surface area contributed by atoms with E-state index in [9.17, 15) is 9.18 Å². The van der Waals surface area contributed by atoms with Crippen molar-refractivity contribution in [2.75, 3.05) is 5.32 Å². The Bertz CT molecular complexity index is 1270. The van der Waals surface area contributed by atoms with Crippen LogP contribution in [0.15, 0.2) is 65.6 Å². The molecule has 0 unspecified atom stereocenters. The zero-order chi connectivity index (χ0) is 20.7. The Labute approximate surface area is 172 Å². The summed E-state index contributed by atoms with van der Waals surface area (Å²) in [6.45, 7) is 3.42. The number of nitrogens with one attached hydrogen (secondary N) is 1. The van der Waals surface area contributed by atoms with Gasteiger partial charge in [0, 0.05) is 25.0 Å². The summed E-state index contributed by atoms with van der Waals surface area (Å²) in [5.41, 5.74) is 4.57. The van der Waals surface area contributed by atoms with Gasteiger partial charge in [-0.05, 0) is 49.2 Å². The van der Waals surface area contributed by atoms with Crippen molar-refractivity contribution in [2.24, 2.45) is 0 Å². The van der Waals surface area contributed by atoms with Crippen LogP contribution in [0, 0.1) is 12.7 Å². The lowest BCUT2D eigenvalue weighted by molar-refractivity contribution is 0.599. The molecule has 4 aromatic rings. The standard InChI is InChI=1S/C23H20FN5O/c1-15-3-9-18(10-4-15)26-23-25-12-11-19(27-23)21-20(16-5-7-17(24)8-6-16)22(30)29-14-2-13-28(21)29/h3-12H,2,13-14H2,1H3,(H,25,26,27). The summed E-state index contributed by atoms with van der Waals surface area (Å²) < 4.78 is 17.2. The second-order valence-electron chi connectivity index (χ2n) is 7.39. The summed E-state index contributed by atoms with van der Waals surface area (Å²) in [6.07, 6.45) is 2.57. The summed E-state index contributed by atoms with van der Waals surface area (Å²) in [4.78, 5) is 22.2. The highest BCUT2D eigenvalue weighted by molar-refractivity contribution is 5.79. The fourth-order valence-corrected chi connectivity index (χ4v) is 3.87. The van der Waals surface area contributed by atoms with Crippen molar-refractivity contribution < 1.29 is 4.39 Å². The molecule has 3 heterocycles. The maximum absolute atomic E-state index is 13.5. The topological polar surface area (TPSA) is 64.7 Å². The van der Waals surface area contributed by atoms with Crippen molar-refractivity contribution in [3.63, 3.8) is 0 Å². The average molecular weight is 401 g/mol. The number of nitrogens with zero attached hydrogens (tertiary/aromatic N) is 4. The Morgan fingerprint density at radius 3 is 2.47 bits per heavy atom. The first kappa shape index (κ1) is 18.3. The molecule has 0 saturated carbocycles. The molecule has 2 aromatic carbocycles. The van der Waals surface area contributed by atoms with Gasteiger partial charge >= 0.3 is 0 Å². The summed E-state index contributed by atoms with van der Waals surface area (Å²) >= 11 is 0. The molecule has 0 atom stereocenters. The Hall–Kier alpha value is -3.74. The molecule has 0 aliphatic carbocycles. The molecule has 30 heavy (non-hydrogen) atoms. The number of aryl methyl sites for hydroxylation is 1. The van der Waals surface area contributed by atoms with Crippen molar-refractivity contribution in [1.29, 1.82) is 0 Å². The molecule has 0 bridgehead atoms. The number of halogens is 1. The molecule has 0 spiro atoms. The number of anilines is 2. The number of rotatable bonds is 4. The maximum Gasteiger partial charge on any atom is 0.275 e. The van der Waals surface area contributed by atoms with Gasteiger partial charge in [0.2, 0.25) is 5.95 Å². The number of hydrogen-bond donors (Lipinski definition) is 1. The average Bonchev–Trinajstić information content (AvgIpc) is 3.33. The van der Waals surface area contributed by atoms with Gasteiger partial charge in [0.05, 0.1) is 17.0 Å². The molecule has 1 aliphatic rings. The molecule has 7 heteroatoms. The van der Waals surface area contributed by atoms with Gasteiger partial charge in [0.25, 0.3) is 5.56 Å². The van der Waals surface area contributed by atoms with Gasteiger partial charge in [-0.15, -0.1) is 0 Å². The molecular weight excluding hydrogens is 381 g/mol. The van der Waals surface area contributed by atoms with E-state index in [4.69, 9.17) is 0 Å². The van der Waals surface area contributed by atoms with Gasteiger partial charge in [-0.2, -0.15) is 0 Å². The van der Waals surface area contributed by atoms with E-state index < -0.39 is 0 Å². The fraction of sp³-hybridized carbons (Fsp3) is 0.174. The molecule has 2 aromatic heterocycles. The zero-order valence-electron chi connectivity index (χ0n) is 16.5. The molecule has 1 aliphatic heterocycles. The second kappa shape index (κ2) is 7.26. The van der Waals surface area contributed by atoms with Gasteiger partial charge < -0.3 is 5.32 Å². The van der Waals surface area contributed by atoms with Crippen molar-refractivity contribution >= 4 is 11.6 Å². The normalized spacial score (nSPS) is 12.7. The van der Waals surface area contributed by atoms with Crippen LogP contribution in [-0.2, 0) is 13.1 Å². The van der Waals surface area contributed by atoms with Gasteiger partial charge in [-0.1, -0.05) is 29.8 Å².